The number of anilines is 3. The Kier molecular flexibility index (Phi) is 7.61. The molecule has 2 aromatic heterocycles. The summed E-state index contributed by atoms with van der Waals surface area (Å²) in [5.74, 6) is 0. The van der Waals surface area contributed by atoms with Crippen LogP contribution in [0.25, 0.3) is 81.0 Å². The minimum atomic E-state index is -0.192. The molecule has 63 heavy (non-hydrogen) atoms. The molecule has 9 aromatic carbocycles. The SMILES string of the molecule is CC1(C)c2ccccc2-c2cc3c(cc21)-c1ccc(N(c2ccc(-c4cccc5c4sc4ccccc45)cc2)c2ccc4c(c2)c2ccccc2n4-c2ccccc2)cc1C3(C)C. The second-order valence-corrected chi connectivity index (χ2v) is 19.6. The largest absolute Gasteiger partial charge is 0.310 e. The van der Waals surface area contributed by atoms with Crippen LogP contribution in [0.3, 0.4) is 0 Å². The van der Waals surface area contributed by atoms with E-state index in [1.807, 2.05) is 11.3 Å². The van der Waals surface area contributed by atoms with Crippen molar-refractivity contribution in [1.29, 1.82) is 0 Å². The van der Waals surface area contributed by atoms with Crippen LogP contribution in [0.4, 0.5) is 17.1 Å². The second-order valence-electron chi connectivity index (χ2n) is 18.5. The number of benzene rings is 9. The van der Waals surface area contributed by atoms with E-state index in [1.165, 1.54) is 97.6 Å². The summed E-state index contributed by atoms with van der Waals surface area (Å²) >= 11 is 1.89. The van der Waals surface area contributed by atoms with Gasteiger partial charge in [0.1, 0.15) is 0 Å². The highest BCUT2D eigenvalue weighted by molar-refractivity contribution is 7.26. The lowest BCUT2D eigenvalue weighted by atomic mass is 9.79. The van der Waals surface area contributed by atoms with E-state index < -0.39 is 0 Å². The number of aromatic nitrogens is 1. The van der Waals surface area contributed by atoms with Gasteiger partial charge in [0.15, 0.2) is 0 Å². The summed E-state index contributed by atoms with van der Waals surface area (Å²) in [6, 6.07) is 72.6. The molecule has 2 heterocycles. The predicted molar refractivity (Wildman–Crippen MR) is 269 cm³/mol. The van der Waals surface area contributed by atoms with Crippen LogP contribution in [-0.2, 0) is 10.8 Å². The van der Waals surface area contributed by atoms with Gasteiger partial charge in [-0.1, -0.05) is 143 Å². The van der Waals surface area contributed by atoms with E-state index in [0.29, 0.717) is 0 Å². The fourth-order valence-electron chi connectivity index (χ4n) is 11.2. The third kappa shape index (κ3) is 5.18. The standard InChI is InChI=1S/C60H44N2S/c1-59(2)51-22-11-8-17-43(51)48-35-54-49(36-53(48)59)44-31-29-41(34-52(44)60(54,3)4)61(39-27-25-37(26-28-39)42-20-14-21-47-46-19-10-13-24-57(46)63-58(42)47)40-30-32-56-50(33-40)45-18-9-12-23-55(45)62(56)38-15-6-5-7-16-38/h5-36H,1-4H3. The van der Waals surface area contributed by atoms with E-state index in [1.54, 1.807) is 0 Å². The second kappa shape index (κ2) is 13.2. The Hall–Kier alpha value is -7.20. The molecule has 0 saturated heterocycles. The lowest BCUT2D eigenvalue weighted by Crippen LogP contribution is -2.17. The first kappa shape index (κ1) is 36.5. The average Bonchev–Trinajstić information content (AvgIpc) is 4.00. The maximum absolute atomic E-state index is 2.52. The van der Waals surface area contributed by atoms with E-state index in [2.05, 4.69) is 231 Å². The molecule has 2 aliphatic carbocycles. The quantitative estimate of drug-likeness (QED) is 0.168. The molecule has 0 saturated carbocycles. The predicted octanol–water partition coefficient (Wildman–Crippen LogP) is 16.9. The van der Waals surface area contributed by atoms with Crippen molar-refractivity contribution in [2.45, 2.75) is 38.5 Å². The maximum Gasteiger partial charge on any atom is 0.0542 e. The first-order valence-electron chi connectivity index (χ1n) is 22.1. The molecule has 2 nitrogen and oxygen atoms in total. The van der Waals surface area contributed by atoms with Gasteiger partial charge in [0.05, 0.1) is 11.0 Å². The molecule has 0 amide bonds. The van der Waals surface area contributed by atoms with Crippen molar-refractivity contribution in [3.63, 3.8) is 0 Å². The van der Waals surface area contributed by atoms with Crippen LogP contribution in [0.1, 0.15) is 49.9 Å². The van der Waals surface area contributed by atoms with Crippen LogP contribution in [0.5, 0.6) is 0 Å². The smallest absolute Gasteiger partial charge is 0.0542 e. The summed E-state index contributed by atoms with van der Waals surface area (Å²) in [4.78, 5) is 2.47. The molecule has 11 aromatic rings. The number of hydrogen-bond acceptors (Lipinski definition) is 2. The normalized spacial score (nSPS) is 14.3. The van der Waals surface area contributed by atoms with E-state index in [0.717, 1.165) is 22.7 Å². The minimum absolute atomic E-state index is 0.0540. The number of hydrogen-bond donors (Lipinski definition) is 0. The van der Waals surface area contributed by atoms with Gasteiger partial charge in [-0.15, -0.1) is 11.3 Å². The van der Waals surface area contributed by atoms with Crippen molar-refractivity contribution in [2.75, 3.05) is 4.90 Å². The molecule has 0 bridgehead atoms. The molecule has 0 unspecified atom stereocenters. The summed E-state index contributed by atoms with van der Waals surface area (Å²) in [5.41, 5.74) is 20.3. The van der Waals surface area contributed by atoms with E-state index in [4.69, 9.17) is 0 Å². The number of para-hydroxylation sites is 2. The van der Waals surface area contributed by atoms with E-state index in [9.17, 15) is 0 Å². The molecule has 300 valence electrons. The molecule has 0 N–H and O–H groups in total. The van der Waals surface area contributed by atoms with Gasteiger partial charge in [-0.2, -0.15) is 0 Å². The maximum atomic E-state index is 2.52. The topological polar surface area (TPSA) is 8.17 Å². The number of nitrogens with zero attached hydrogens (tertiary/aromatic N) is 2. The molecular formula is C60H44N2S. The lowest BCUT2D eigenvalue weighted by Gasteiger charge is -2.28. The first-order chi connectivity index (χ1) is 30.8. The highest BCUT2D eigenvalue weighted by Gasteiger charge is 2.42. The Morgan fingerprint density at radius 2 is 0.952 bits per heavy atom. The molecule has 0 spiro atoms. The zero-order valence-electron chi connectivity index (χ0n) is 35.8. The third-order valence-electron chi connectivity index (χ3n) is 14.4. The monoisotopic (exact) mass is 824 g/mol. The van der Waals surface area contributed by atoms with Gasteiger partial charge in [0, 0.05) is 64.5 Å². The minimum Gasteiger partial charge on any atom is -0.310 e. The molecule has 0 aliphatic heterocycles. The van der Waals surface area contributed by atoms with Gasteiger partial charge in [-0.3, -0.25) is 0 Å². The lowest BCUT2D eigenvalue weighted by molar-refractivity contribution is 0.652. The Morgan fingerprint density at radius 1 is 0.381 bits per heavy atom. The first-order valence-corrected chi connectivity index (χ1v) is 22.9. The summed E-state index contributed by atoms with van der Waals surface area (Å²) in [7, 11) is 0. The van der Waals surface area contributed by atoms with Gasteiger partial charge in [0.2, 0.25) is 0 Å². The van der Waals surface area contributed by atoms with Crippen molar-refractivity contribution in [3.05, 3.63) is 216 Å². The Bertz CT molecular complexity index is 3680. The molecule has 0 atom stereocenters. The van der Waals surface area contributed by atoms with Crippen LogP contribution in [0, 0.1) is 0 Å². The molecule has 2 aliphatic rings. The highest BCUT2D eigenvalue weighted by Crippen LogP contribution is 2.57. The van der Waals surface area contributed by atoms with Crippen LogP contribution in [-0.4, -0.2) is 4.57 Å². The number of fused-ring (bicyclic) bond motifs is 12. The zero-order chi connectivity index (χ0) is 42.2. The zero-order valence-corrected chi connectivity index (χ0v) is 36.6. The van der Waals surface area contributed by atoms with Crippen molar-refractivity contribution in [3.8, 4) is 39.1 Å². The summed E-state index contributed by atoms with van der Waals surface area (Å²) in [6.45, 7) is 9.60. The van der Waals surface area contributed by atoms with Crippen molar-refractivity contribution >= 4 is 70.4 Å². The Balaban J connectivity index is 0.986. The Morgan fingerprint density at radius 3 is 1.76 bits per heavy atom. The van der Waals surface area contributed by atoms with Gasteiger partial charge in [-0.25, -0.2) is 0 Å². The van der Waals surface area contributed by atoms with Gasteiger partial charge >= 0.3 is 0 Å². The van der Waals surface area contributed by atoms with E-state index in [-0.39, 0.29) is 10.8 Å². The van der Waals surface area contributed by atoms with Gasteiger partial charge in [-0.05, 0) is 134 Å². The van der Waals surface area contributed by atoms with Crippen molar-refractivity contribution < 1.29 is 0 Å². The third-order valence-corrected chi connectivity index (χ3v) is 15.6. The van der Waals surface area contributed by atoms with Crippen LogP contribution >= 0.6 is 11.3 Å². The average molecular weight is 825 g/mol. The van der Waals surface area contributed by atoms with Gasteiger partial charge < -0.3 is 9.47 Å². The van der Waals surface area contributed by atoms with Crippen LogP contribution in [0.2, 0.25) is 0 Å². The fourth-order valence-corrected chi connectivity index (χ4v) is 12.5. The fraction of sp³-hybridized carbons (Fsp3) is 0.100. The summed E-state index contributed by atoms with van der Waals surface area (Å²) in [6.07, 6.45) is 0. The van der Waals surface area contributed by atoms with Crippen LogP contribution in [0.15, 0.2) is 194 Å². The van der Waals surface area contributed by atoms with Gasteiger partial charge in [0.25, 0.3) is 0 Å². The summed E-state index contributed by atoms with van der Waals surface area (Å²) in [5, 5.41) is 5.12. The molecule has 0 fully saturated rings. The molecular weight excluding hydrogens is 781 g/mol. The molecule has 13 rings (SSSR count). The highest BCUT2D eigenvalue weighted by atomic mass is 32.1. The summed E-state index contributed by atoms with van der Waals surface area (Å²) < 4.78 is 5.06. The number of thiophene rings is 1. The van der Waals surface area contributed by atoms with Crippen LogP contribution < -0.4 is 4.90 Å². The molecule has 0 radical (unpaired) electrons. The van der Waals surface area contributed by atoms with E-state index >= 15 is 0 Å². The Labute approximate surface area is 371 Å². The molecule has 3 heteroatoms. The van der Waals surface area contributed by atoms with Crippen molar-refractivity contribution in [2.24, 2.45) is 0 Å². The number of rotatable bonds is 5. The van der Waals surface area contributed by atoms with Crippen molar-refractivity contribution in [1.82, 2.24) is 4.57 Å².